The van der Waals surface area contributed by atoms with Crippen LogP contribution >= 0.6 is 0 Å². The largest absolute Gasteiger partial charge is 0.486 e. The van der Waals surface area contributed by atoms with Crippen LogP contribution in [-0.4, -0.2) is 31.7 Å². The first kappa shape index (κ1) is 13.2. The molecule has 5 nitrogen and oxygen atoms in total. The molecule has 1 aromatic carbocycles. The van der Waals surface area contributed by atoms with Crippen LogP contribution in [0.4, 0.5) is 0 Å². The van der Waals surface area contributed by atoms with Crippen LogP contribution in [0, 0.1) is 0 Å². The molecule has 0 unspecified atom stereocenters. The number of rotatable bonds is 6. The Kier molecular flexibility index (Phi) is 4.06. The Morgan fingerprint density at radius 2 is 2.10 bits per heavy atom. The van der Waals surface area contributed by atoms with Crippen LogP contribution in [0.15, 0.2) is 18.2 Å². The molecule has 108 valence electrons. The fourth-order valence-corrected chi connectivity index (χ4v) is 2.23. The van der Waals surface area contributed by atoms with E-state index < -0.39 is 0 Å². The minimum Gasteiger partial charge on any atom is -0.486 e. The summed E-state index contributed by atoms with van der Waals surface area (Å²) in [5, 5.41) is 6.26. The van der Waals surface area contributed by atoms with Crippen LogP contribution in [0.1, 0.15) is 24.8 Å². The monoisotopic (exact) mass is 276 g/mol. The lowest BCUT2D eigenvalue weighted by atomic mass is 10.1. The number of benzene rings is 1. The van der Waals surface area contributed by atoms with Gasteiger partial charge in [0.25, 0.3) is 0 Å². The second kappa shape index (κ2) is 6.13. The summed E-state index contributed by atoms with van der Waals surface area (Å²) < 4.78 is 11.2. The van der Waals surface area contributed by atoms with Crippen molar-refractivity contribution >= 4 is 5.91 Å². The van der Waals surface area contributed by atoms with E-state index in [1.807, 2.05) is 18.2 Å². The number of para-hydroxylation sites is 1. The minimum absolute atomic E-state index is 0.134. The standard InChI is InChI=1S/C15H20N2O3/c18-14(17-12-4-5-12)6-7-16-10-11-2-1-3-13-15(11)20-9-8-19-13/h1-3,12,16H,4-10H2,(H,17,18). The van der Waals surface area contributed by atoms with Crippen LogP contribution in [0.25, 0.3) is 0 Å². The van der Waals surface area contributed by atoms with Crippen molar-refractivity contribution in [1.29, 1.82) is 0 Å². The minimum atomic E-state index is 0.134. The fraction of sp³-hybridized carbons (Fsp3) is 0.533. The van der Waals surface area contributed by atoms with Crippen molar-refractivity contribution in [3.8, 4) is 11.5 Å². The maximum absolute atomic E-state index is 11.5. The molecule has 1 heterocycles. The molecule has 1 aliphatic carbocycles. The molecule has 0 saturated heterocycles. The summed E-state index contributed by atoms with van der Waals surface area (Å²) in [4.78, 5) is 11.5. The number of nitrogens with one attached hydrogen (secondary N) is 2. The van der Waals surface area contributed by atoms with Crippen LogP contribution < -0.4 is 20.1 Å². The molecule has 0 radical (unpaired) electrons. The number of ether oxygens (including phenoxy) is 2. The molecule has 0 bridgehead atoms. The molecule has 1 amide bonds. The Labute approximate surface area is 118 Å². The summed E-state index contributed by atoms with van der Waals surface area (Å²) in [5.41, 5.74) is 1.07. The van der Waals surface area contributed by atoms with E-state index in [9.17, 15) is 4.79 Å². The second-order valence-electron chi connectivity index (χ2n) is 5.21. The summed E-state index contributed by atoms with van der Waals surface area (Å²) >= 11 is 0. The van der Waals surface area contributed by atoms with Crippen molar-refractivity contribution in [3.63, 3.8) is 0 Å². The van der Waals surface area contributed by atoms with Crippen LogP contribution in [0.2, 0.25) is 0 Å². The Morgan fingerprint density at radius 1 is 1.25 bits per heavy atom. The number of hydrogen-bond acceptors (Lipinski definition) is 4. The first-order valence-corrected chi connectivity index (χ1v) is 7.20. The van der Waals surface area contributed by atoms with Gasteiger partial charge in [-0.3, -0.25) is 4.79 Å². The quantitative estimate of drug-likeness (QED) is 0.767. The van der Waals surface area contributed by atoms with Gasteiger partial charge in [-0.2, -0.15) is 0 Å². The summed E-state index contributed by atoms with van der Waals surface area (Å²) in [6, 6.07) is 6.34. The van der Waals surface area contributed by atoms with E-state index >= 15 is 0 Å². The topological polar surface area (TPSA) is 59.6 Å². The maximum Gasteiger partial charge on any atom is 0.221 e. The van der Waals surface area contributed by atoms with E-state index in [-0.39, 0.29) is 5.91 Å². The van der Waals surface area contributed by atoms with Gasteiger partial charge >= 0.3 is 0 Å². The number of carbonyl (C=O) groups is 1. The van der Waals surface area contributed by atoms with E-state index in [1.54, 1.807) is 0 Å². The molecule has 1 aliphatic heterocycles. The lowest BCUT2D eigenvalue weighted by Crippen LogP contribution is -2.29. The molecular formula is C15H20N2O3. The first-order chi connectivity index (χ1) is 9.83. The molecule has 1 fully saturated rings. The van der Waals surface area contributed by atoms with Crippen LogP contribution in [-0.2, 0) is 11.3 Å². The molecule has 20 heavy (non-hydrogen) atoms. The third kappa shape index (κ3) is 3.42. The molecule has 3 rings (SSSR count). The molecule has 1 saturated carbocycles. The smallest absolute Gasteiger partial charge is 0.221 e. The zero-order chi connectivity index (χ0) is 13.8. The third-order valence-corrected chi connectivity index (χ3v) is 3.43. The van der Waals surface area contributed by atoms with E-state index in [0.717, 1.165) is 29.9 Å². The van der Waals surface area contributed by atoms with Crippen molar-refractivity contribution < 1.29 is 14.3 Å². The summed E-state index contributed by atoms with van der Waals surface area (Å²) in [5.74, 6) is 1.77. The fourth-order valence-electron chi connectivity index (χ4n) is 2.23. The van der Waals surface area contributed by atoms with E-state index in [4.69, 9.17) is 9.47 Å². The van der Waals surface area contributed by atoms with Crippen molar-refractivity contribution in [2.45, 2.75) is 31.8 Å². The van der Waals surface area contributed by atoms with Gasteiger partial charge in [-0.05, 0) is 18.9 Å². The van der Waals surface area contributed by atoms with Gasteiger partial charge in [0, 0.05) is 31.1 Å². The molecule has 2 aliphatic rings. The van der Waals surface area contributed by atoms with Gasteiger partial charge in [-0.25, -0.2) is 0 Å². The highest BCUT2D eigenvalue weighted by atomic mass is 16.6. The van der Waals surface area contributed by atoms with Crippen LogP contribution in [0.5, 0.6) is 11.5 Å². The molecule has 0 aromatic heterocycles. The summed E-state index contributed by atoms with van der Waals surface area (Å²) in [6.45, 7) is 2.55. The molecule has 5 heteroatoms. The van der Waals surface area contributed by atoms with E-state index in [1.165, 1.54) is 0 Å². The van der Waals surface area contributed by atoms with Crippen molar-refractivity contribution in [1.82, 2.24) is 10.6 Å². The van der Waals surface area contributed by atoms with Gasteiger partial charge in [0.05, 0.1) is 0 Å². The Hall–Kier alpha value is -1.75. The summed E-state index contributed by atoms with van der Waals surface area (Å²) in [6.07, 6.45) is 2.78. The number of carbonyl (C=O) groups excluding carboxylic acids is 1. The first-order valence-electron chi connectivity index (χ1n) is 7.20. The van der Waals surface area contributed by atoms with Crippen molar-refractivity contribution in [2.24, 2.45) is 0 Å². The zero-order valence-corrected chi connectivity index (χ0v) is 11.5. The van der Waals surface area contributed by atoms with Gasteiger partial charge in [0.1, 0.15) is 13.2 Å². The zero-order valence-electron chi connectivity index (χ0n) is 11.5. The highest BCUT2D eigenvalue weighted by molar-refractivity contribution is 5.76. The van der Waals surface area contributed by atoms with Crippen molar-refractivity contribution in [3.05, 3.63) is 23.8 Å². The predicted octanol–water partition coefficient (Wildman–Crippen LogP) is 1.22. The summed E-state index contributed by atoms with van der Waals surface area (Å²) in [7, 11) is 0. The normalized spacial score (nSPS) is 16.8. The average molecular weight is 276 g/mol. The SMILES string of the molecule is O=C(CCNCc1cccc2c1OCCO2)NC1CC1. The molecule has 0 atom stereocenters. The van der Waals surface area contributed by atoms with Gasteiger partial charge in [0.15, 0.2) is 11.5 Å². The molecular weight excluding hydrogens is 256 g/mol. The van der Waals surface area contributed by atoms with Gasteiger partial charge < -0.3 is 20.1 Å². The van der Waals surface area contributed by atoms with E-state index in [0.29, 0.717) is 38.8 Å². The number of amides is 1. The molecule has 2 N–H and O–H groups in total. The molecule has 0 spiro atoms. The van der Waals surface area contributed by atoms with Gasteiger partial charge in [-0.15, -0.1) is 0 Å². The number of fused-ring (bicyclic) bond motifs is 1. The Morgan fingerprint density at radius 3 is 2.95 bits per heavy atom. The van der Waals surface area contributed by atoms with Gasteiger partial charge in [0.2, 0.25) is 5.91 Å². The van der Waals surface area contributed by atoms with Crippen molar-refractivity contribution in [2.75, 3.05) is 19.8 Å². The molecule has 1 aromatic rings. The Bertz CT molecular complexity index is 486. The second-order valence-corrected chi connectivity index (χ2v) is 5.21. The highest BCUT2D eigenvalue weighted by Gasteiger charge is 2.22. The van der Waals surface area contributed by atoms with E-state index in [2.05, 4.69) is 10.6 Å². The number of hydrogen-bond donors (Lipinski definition) is 2. The Balaban J connectivity index is 1.45. The lowest BCUT2D eigenvalue weighted by Gasteiger charge is -2.21. The average Bonchev–Trinajstić information content (AvgIpc) is 3.27. The highest BCUT2D eigenvalue weighted by Crippen LogP contribution is 2.33. The van der Waals surface area contributed by atoms with Gasteiger partial charge in [-0.1, -0.05) is 12.1 Å². The maximum atomic E-state index is 11.5. The third-order valence-electron chi connectivity index (χ3n) is 3.43. The predicted molar refractivity (Wildman–Crippen MR) is 74.9 cm³/mol. The van der Waals surface area contributed by atoms with Crippen LogP contribution in [0.3, 0.4) is 0 Å². The lowest BCUT2D eigenvalue weighted by molar-refractivity contribution is -0.121.